The molecule has 0 aromatic heterocycles. The Balaban J connectivity index is 2.86. The fraction of sp³-hybridized carbons (Fsp3) is 0.800. The van der Waals surface area contributed by atoms with Crippen molar-refractivity contribution < 1.29 is 14.7 Å². The van der Waals surface area contributed by atoms with Crippen LogP contribution < -0.4 is 0 Å². The molecule has 1 aliphatic heterocycles. The van der Waals surface area contributed by atoms with Crippen molar-refractivity contribution in [2.45, 2.75) is 38.6 Å². The Morgan fingerprint density at radius 1 is 1.53 bits per heavy atom. The number of nitrogens with zero attached hydrogens (tertiary/aromatic N) is 1. The number of hydrogen-bond acceptors (Lipinski definition) is 3. The number of amides is 1. The molecule has 0 bridgehead atoms. The summed E-state index contributed by atoms with van der Waals surface area (Å²) >= 11 is 1.56. The van der Waals surface area contributed by atoms with E-state index in [9.17, 15) is 9.59 Å². The topological polar surface area (TPSA) is 57.6 Å². The fourth-order valence-electron chi connectivity index (χ4n) is 1.66. The Morgan fingerprint density at radius 3 is 2.53 bits per heavy atom. The highest BCUT2D eigenvalue weighted by molar-refractivity contribution is 8.00. The number of carbonyl (C=O) groups is 2. The Labute approximate surface area is 94.0 Å². The Bertz CT molecular complexity index is 267. The van der Waals surface area contributed by atoms with Crippen molar-refractivity contribution in [1.29, 1.82) is 0 Å². The Hall–Kier alpha value is -0.710. The fourth-order valence-corrected chi connectivity index (χ4v) is 3.02. The van der Waals surface area contributed by atoms with Crippen LogP contribution in [0.3, 0.4) is 0 Å². The molecule has 0 aromatic rings. The van der Waals surface area contributed by atoms with E-state index in [2.05, 4.69) is 0 Å². The third-order valence-corrected chi connectivity index (χ3v) is 3.93. The second-order valence-electron chi connectivity index (χ2n) is 3.95. The first kappa shape index (κ1) is 12.4. The number of carbonyl (C=O) groups excluding carboxylic acids is 1. The smallest absolute Gasteiger partial charge is 0.327 e. The van der Waals surface area contributed by atoms with E-state index in [-0.39, 0.29) is 17.2 Å². The molecule has 1 aliphatic rings. The van der Waals surface area contributed by atoms with Crippen molar-refractivity contribution in [2.24, 2.45) is 5.92 Å². The van der Waals surface area contributed by atoms with E-state index >= 15 is 0 Å². The van der Waals surface area contributed by atoms with Crippen LogP contribution in [0.4, 0.5) is 0 Å². The minimum Gasteiger partial charge on any atom is -0.480 e. The van der Waals surface area contributed by atoms with Crippen molar-refractivity contribution in [3.8, 4) is 0 Å². The minimum atomic E-state index is -0.896. The first-order valence-electron chi connectivity index (χ1n) is 5.15. The van der Waals surface area contributed by atoms with Gasteiger partial charge in [0.1, 0.15) is 6.04 Å². The average Bonchev–Trinajstić information content (AvgIpc) is 2.59. The maximum atomic E-state index is 11.9. The zero-order valence-corrected chi connectivity index (χ0v) is 10.1. The molecule has 2 unspecified atom stereocenters. The highest BCUT2D eigenvalue weighted by atomic mass is 32.2. The summed E-state index contributed by atoms with van der Waals surface area (Å²) in [5.74, 6) is -0.585. The van der Waals surface area contributed by atoms with Gasteiger partial charge in [-0.3, -0.25) is 4.79 Å². The molecule has 0 aliphatic carbocycles. The summed E-state index contributed by atoms with van der Waals surface area (Å²) in [4.78, 5) is 24.4. The van der Waals surface area contributed by atoms with E-state index in [1.165, 1.54) is 4.90 Å². The van der Waals surface area contributed by atoms with Gasteiger partial charge in [-0.2, -0.15) is 0 Å². The first-order chi connectivity index (χ1) is 6.99. The van der Waals surface area contributed by atoms with Crippen LogP contribution in [0.1, 0.15) is 27.2 Å². The highest BCUT2D eigenvalue weighted by Gasteiger charge is 2.41. The van der Waals surface area contributed by atoms with Crippen LogP contribution in [-0.4, -0.2) is 39.1 Å². The van der Waals surface area contributed by atoms with Gasteiger partial charge in [0, 0.05) is 11.7 Å². The predicted octanol–water partition coefficient (Wildman–Crippen LogP) is 1.41. The maximum Gasteiger partial charge on any atom is 0.327 e. The molecule has 0 saturated carbocycles. The number of thioether (sulfide) groups is 1. The SMILES string of the molecule is CCC1SCC(C(=O)O)N1C(=O)C(C)C. The van der Waals surface area contributed by atoms with Crippen molar-refractivity contribution in [2.75, 3.05) is 5.75 Å². The summed E-state index contributed by atoms with van der Waals surface area (Å²) in [5, 5.41) is 9.05. The Kier molecular flexibility index (Phi) is 4.02. The molecule has 15 heavy (non-hydrogen) atoms. The average molecular weight is 231 g/mol. The molecule has 0 radical (unpaired) electrons. The van der Waals surface area contributed by atoms with Gasteiger partial charge in [0.2, 0.25) is 5.91 Å². The summed E-state index contributed by atoms with van der Waals surface area (Å²) in [6, 6.07) is -0.644. The molecule has 4 nitrogen and oxygen atoms in total. The van der Waals surface area contributed by atoms with Crippen molar-refractivity contribution in [3.05, 3.63) is 0 Å². The third kappa shape index (κ3) is 2.45. The quantitative estimate of drug-likeness (QED) is 0.798. The van der Waals surface area contributed by atoms with Gasteiger partial charge < -0.3 is 10.0 Å². The van der Waals surface area contributed by atoms with E-state index in [0.29, 0.717) is 5.75 Å². The summed E-state index contributed by atoms with van der Waals surface area (Å²) in [5.41, 5.74) is 0. The lowest BCUT2D eigenvalue weighted by molar-refractivity contribution is -0.150. The summed E-state index contributed by atoms with van der Waals surface area (Å²) in [7, 11) is 0. The number of aliphatic carboxylic acids is 1. The molecule has 86 valence electrons. The van der Waals surface area contributed by atoms with Gasteiger partial charge in [-0.15, -0.1) is 11.8 Å². The van der Waals surface area contributed by atoms with Crippen LogP contribution in [-0.2, 0) is 9.59 Å². The molecule has 2 atom stereocenters. The molecule has 1 heterocycles. The molecule has 1 rings (SSSR count). The molecule has 5 heteroatoms. The van der Waals surface area contributed by atoms with Crippen molar-refractivity contribution in [1.82, 2.24) is 4.90 Å². The molecular weight excluding hydrogens is 214 g/mol. The lowest BCUT2D eigenvalue weighted by atomic mass is 10.1. The van der Waals surface area contributed by atoms with Crippen LogP contribution in [0.2, 0.25) is 0 Å². The highest BCUT2D eigenvalue weighted by Crippen LogP contribution is 2.32. The molecule has 1 fully saturated rings. The predicted molar refractivity (Wildman–Crippen MR) is 59.6 cm³/mol. The van der Waals surface area contributed by atoms with Crippen molar-refractivity contribution in [3.63, 3.8) is 0 Å². The lowest BCUT2D eigenvalue weighted by Crippen LogP contribution is -2.47. The van der Waals surface area contributed by atoms with Crippen molar-refractivity contribution >= 4 is 23.6 Å². The summed E-state index contributed by atoms with van der Waals surface area (Å²) in [6.45, 7) is 5.58. The first-order valence-corrected chi connectivity index (χ1v) is 6.20. The van der Waals surface area contributed by atoms with Gasteiger partial charge >= 0.3 is 5.97 Å². The van der Waals surface area contributed by atoms with Gasteiger partial charge in [-0.25, -0.2) is 4.79 Å². The van der Waals surface area contributed by atoms with Crippen LogP contribution >= 0.6 is 11.8 Å². The monoisotopic (exact) mass is 231 g/mol. The standard InChI is InChI=1S/C10H17NO3S/c1-4-8-11(9(12)6(2)3)7(5-15-8)10(13)14/h6-8H,4-5H2,1-3H3,(H,13,14). The molecule has 1 N–H and O–H groups in total. The third-order valence-electron chi connectivity index (χ3n) is 2.48. The minimum absolute atomic E-state index is 0.0287. The lowest BCUT2D eigenvalue weighted by Gasteiger charge is -2.28. The van der Waals surface area contributed by atoms with E-state index in [1.807, 2.05) is 6.92 Å². The largest absolute Gasteiger partial charge is 0.480 e. The maximum absolute atomic E-state index is 11.9. The molecule has 1 saturated heterocycles. The van der Waals surface area contributed by atoms with Crippen LogP contribution in [0, 0.1) is 5.92 Å². The molecule has 0 aromatic carbocycles. The number of carboxylic acid groups (broad SMARTS) is 1. The van der Waals surface area contributed by atoms with E-state index in [0.717, 1.165) is 6.42 Å². The molecule has 1 amide bonds. The van der Waals surface area contributed by atoms with E-state index in [4.69, 9.17) is 5.11 Å². The molecular formula is C10H17NO3S. The zero-order valence-electron chi connectivity index (χ0n) is 9.27. The second-order valence-corrected chi connectivity index (χ2v) is 5.16. The number of rotatable bonds is 3. The van der Waals surface area contributed by atoms with Gasteiger partial charge in [0.25, 0.3) is 0 Å². The second kappa shape index (κ2) is 4.88. The summed E-state index contributed by atoms with van der Waals surface area (Å²) in [6.07, 6.45) is 0.799. The van der Waals surface area contributed by atoms with Gasteiger partial charge in [0.05, 0.1) is 5.37 Å². The summed E-state index contributed by atoms with van der Waals surface area (Å²) < 4.78 is 0. The van der Waals surface area contributed by atoms with E-state index in [1.54, 1.807) is 25.6 Å². The Morgan fingerprint density at radius 2 is 2.13 bits per heavy atom. The number of hydrogen-bond donors (Lipinski definition) is 1. The van der Waals surface area contributed by atoms with Crippen LogP contribution in [0.5, 0.6) is 0 Å². The van der Waals surface area contributed by atoms with Crippen LogP contribution in [0.25, 0.3) is 0 Å². The van der Waals surface area contributed by atoms with Gasteiger partial charge in [-0.05, 0) is 6.42 Å². The van der Waals surface area contributed by atoms with Crippen LogP contribution in [0.15, 0.2) is 0 Å². The molecule has 0 spiro atoms. The zero-order chi connectivity index (χ0) is 11.6. The van der Waals surface area contributed by atoms with Gasteiger partial charge in [-0.1, -0.05) is 20.8 Å². The number of carboxylic acids is 1. The van der Waals surface area contributed by atoms with Gasteiger partial charge in [0.15, 0.2) is 0 Å². The normalized spacial score (nSPS) is 26.0. The van der Waals surface area contributed by atoms with E-state index < -0.39 is 12.0 Å².